The summed E-state index contributed by atoms with van der Waals surface area (Å²) in [4.78, 5) is 0. The van der Waals surface area contributed by atoms with Gasteiger partial charge in [-0.3, -0.25) is 0 Å². The molecule has 1 fully saturated rings. The SMILES string of the molecule is CCCCc1ccc(C(O)C2CCCO2)cc1. The predicted octanol–water partition coefficient (Wildman–Crippen LogP) is 3.24. The minimum absolute atomic E-state index is 0.00325. The van der Waals surface area contributed by atoms with Crippen molar-refractivity contribution in [3.05, 3.63) is 35.4 Å². The Morgan fingerprint density at radius 1 is 1.35 bits per heavy atom. The van der Waals surface area contributed by atoms with Crippen LogP contribution in [0.5, 0.6) is 0 Å². The van der Waals surface area contributed by atoms with Crippen molar-refractivity contribution >= 4 is 0 Å². The van der Waals surface area contributed by atoms with Gasteiger partial charge in [0.15, 0.2) is 0 Å². The summed E-state index contributed by atoms with van der Waals surface area (Å²) in [5, 5.41) is 10.2. The Labute approximate surface area is 104 Å². The number of rotatable bonds is 5. The molecule has 1 aliphatic rings. The maximum Gasteiger partial charge on any atom is 0.105 e. The largest absolute Gasteiger partial charge is 0.386 e. The topological polar surface area (TPSA) is 29.5 Å². The van der Waals surface area contributed by atoms with Crippen LogP contribution in [0.3, 0.4) is 0 Å². The first-order chi connectivity index (χ1) is 8.31. The Morgan fingerprint density at radius 3 is 2.71 bits per heavy atom. The Morgan fingerprint density at radius 2 is 2.12 bits per heavy atom. The van der Waals surface area contributed by atoms with Gasteiger partial charge in [-0.2, -0.15) is 0 Å². The van der Waals surface area contributed by atoms with Crippen LogP contribution in [0.1, 0.15) is 49.8 Å². The number of unbranched alkanes of at least 4 members (excludes halogenated alkanes) is 1. The Bertz CT molecular complexity index is 325. The fourth-order valence-corrected chi connectivity index (χ4v) is 2.33. The zero-order chi connectivity index (χ0) is 12.1. The summed E-state index contributed by atoms with van der Waals surface area (Å²) in [7, 11) is 0. The molecule has 0 saturated carbocycles. The summed E-state index contributed by atoms with van der Waals surface area (Å²) >= 11 is 0. The zero-order valence-corrected chi connectivity index (χ0v) is 10.6. The molecule has 0 aromatic heterocycles. The molecule has 0 aliphatic carbocycles. The zero-order valence-electron chi connectivity index (χ0n) is 10.6. The Kier molecular flexibility index (Phi) is 4.57. The van der Waals surface area contributed by atoms with Gasteiger partial charge in [0.2, 0.25) is 0 Å². The van der Waals surface area contributed by atoms with Crippen molar-refractivity contribution < 1.29 is 9.84 Å². The van der Waals surface area contributed by atoms with E-state index in [1.807, 2.05) is 12.1 Å². The van der Waals surface area contributed by atoms with Gasteiger partial charge in [0.1, 0.15) is 6.10 Å². The van der Waals surface area contributed by atoms with Crippen LogP contribution < -0.4 is 0 Å². The van der Waals surface area contributed by atoms with Gasteiger partial charge in [-0.1, -0.05) is 37.6 Å². The summed E-state index contributed by atoms with van der Waals surface area (Å²) < 4.78 is 5.51. The summed E-state index contributed by atoms with van der Waals surface area (Å²) in [6.45, 7) is 2.99. The van der Waals surface area contributed by atoms with Crippen molar-refractivity contribution in [2.45, 2.75) is 51.2 Å². The molecule has 2 unspecified atom stereocenters. The Hall–Kier alpha value is -0.860. The number of hydrogen-bond acceptors (Lipinski definition) is 2. The van der Waals surface area contributed by atoms with E-state index < -0.39 is 6.10 Å². The number of benzene rings is 1. The van der Waals surface area contributed by atoms with E-state index in [-0.39, 0.29) is 6.10 Å². The normalized spacial score (nSPS) is 21.6. The summed E-state index contributed by atoms with van der Waals surface area (Å²) in [6.07, 6.45) is 5.16. The molecule has 0 radical (unpaired) electrons. The Balaban J connectivity index is 1.96. The van der Waals surface area contributed by atoms with Crippen LogP contribution >= 0.6 is 0 Å². The predicted molar refractivity (Wildman–Crippen MR) is 69.0 cm³/mol. The number of ether oxygens (including phenoxy) is 1. The smallest absolute Gasteiger partial charge is 0.105 e. The summed E-state index contributed by atoms with van der Waals surface area (Å²) in [5.41, 5.74) is 2.34. The van der Waals surface area contributed by atoms with Crippen LogP contribution in [-0.4, -0.2) is 17.8 Å². The number of aryl methyl sites for hydroxylation is 1. The number of aliphatic hydroxyl groups is 1. The van der Waals surface area contributed by atoms with Crippen molar-refractivity contribution in [1.29, 1.82) is 0 Å². The summed E-state index contributed by atoms with van der Waals surface area (Å²) in [6, 6.07) is 8.33. The van der Waals surface area contributed by atoms with Crippen molar-refractivity contribution in [2.75, 3.05) is 6.61 Å². The van der Waals surface area contributed by atoms with Crippen LogP contribution in [0.25, 0.3) is 0 Å². The highest BCUT2D eigenvalue weighted by molar-refractivity contribution is 5.25. The van der Waals surface area contributed by atoms with Gasteiger partial charge < -0.3 is 9.84 Å². The molecule has 2 nitrogen and oxygen atoms in total. The van der Waals surface area contributed by atoms with E-state index in [2.05, 4.69) is 19.1 Å². The molecule has 2 atom stereocenters. The lowest BCUT2D eigenvalue weighted by atomic mass is 9.99. The average molecular weight is 234 g/mol. The molecule has 1 saturated heterocycles. The monoisotopic (exact) mass is 234 g/mol. The minimum atomic E-state index is -0.460. The molecule has 0 spiro atoms. The second kappa shape index (κ2) is 6.18. The number of aliphatic hydroxyl groups excluding tert-OH is 1. The number of hydrogen-bond donors (Lipinski definition) is 1. The maximum absolute atomic E-state index is 10.2. The molecule has 1 aliphatic heterocycles. The molecule has 17 heavy (non-hydrogen) atoms. The molecule has 94 valence electrons. The van der Waals surface area contributed by atoms with E-state index in [0.717, 1.165) is 31.4 Å². The molecule has 0 amide bonds. The molecule has 2 rings (SSSR count). The van der Waals surface area contributed by atoms with Crippen molar-refractivity contribution in [2.24, 2.45) is 0 Å². The third-order valence-electron chi connectivity index (χ3n) is 3.46. The molecular formula is C15H22O2. The van der Waals surface area contributed by atoms with Gasteiger partial charge in [-0.25, -0.2) is 0 Å². The summed E-state index contributed by atoms with van der Waals surface area (Å²) in [5.74, 6) is 0. The third-order valence-corrected chi connectivity index (χ3v) is 3.46. The van der Waals surface area contributed by atoms with Crippen molar-refractivity contribution in [3.63, 3.8) is 0 Å². The minimum Gasteiger partial charge on any atom is -0.386 e. The molecular weight excluding hydrogens is 212 g/mol. The fraction of sp³-hybridized carbons (Fsp3) is 0.600. The standard InChI is InChI=1S/C15H22O2/c1-2-3-5-12-7-9-13(10-8-12)15(16)14-6-4-11-17-14/h7-10,14-16H,2-6,11H2,1H3. The highest BCUT2D eigenvalue weighted by atomic mass is 16.5. The second-order valence-electron chi connectivity index (χ2n) is 4.84. The molecule has 1 heterocycles. The van der Waals surface area contributed by atoms with E-state index in [1.165, 1.54) is 18.4 Å². The van der Waals surface area contributed by atoms with Crippen LogP contribution in [0.2, 0.25) is 0 Å². The average Bonchev–Trinajstić information content (AvgIpc) is 2.90. The molecule has 1 N–H and O–H groups in total. The molecule has 0 bridgehead atoms. The van der Waals surface area contributed by atoms with Crippen molar-refractivity contribution in [3.8, 4) is 0 Å². The van der Waals surface area contributed by atoms with Gasteiger partial charge in [0, 0.05) is 6.61 Å². The van der Waals surface area contributed by atoms with Gasteiger partial charge in [-0.15, -0.1) is 0 Å². The van der Waals surface area contributed by atoms with Gasteiger partial charge in [-0.05, 0) is 36.8 Å². The molecule has 1 aromatic carbocycles. The van der Waals surface area contributed by atoms with E-state index in [1.54, 1.807) is 0 Å². The van der Waals surface area contributed by atoms with Gasteiger partial charge in [0.05, 0.1) is 6.10 Å². The van der Waals surface area contributed by atoms with Gasteiger partial charge >= 0.3 is 0 Å². The molecule has 2 heteroatoms. The lowest BCUT2D eigenvalue weighted by Gasteiger charge is -2.17. The van der Waals surface area contributed by atoms with Crippen molar-refractivity contribution in [1.82, 2.24) is 0 Å². The highest BCUT2D eigenvalue weighted by Crippen LogP contribution is 2.26. The lowest BCUT2D eigenvalue weighted by Crippen LogP contribution is -2.17. The van der Waals surface area contributed by atoms with Gasteiger partial charge in [0.25, 0.3) is 0 Å². The lowest BCUT2D eigenvalue weighted by molar-refractivity contribution is -0.00259. The van der Waals surface area contributed by atoms with E-state index in [4.69, 9.17) is 4.74 Å². The molecule has 1 aromatic rings. The van der Waals surface area contributed by atoms with E-state index in [0.29, 0.717) is 0 Å². The highest BCUT2D eigenvalue weighted by Gasteiger charge is 2.25. The first-order valence-electron chi connectivity index (χ1n) is 6.69. The van der Waals surface area contributed by atoms with Crippen LogP contribution in [-0.2, 0) is 11.2 Å². The first kappa shape index (κ1) is 12.6. The maximum atomic E-state index is 10.2. The fourth-order valence-electron chi connectivity index (χ4n) is 2.33. The van der Waals surface area contributed by atoms with Crippen LogP contribution in [0, 0.1) is 0 Å². The van der Waals surface area contributed by atoms with E-state index in [9.17, 15) is 5.11 Å². The van der Waals surface area contributed by atoms with Crippen LogP contribution in [0.15, 0.2) is 24.3 Å². The quantitative estimate of drug-likeness (QED) is 0.847. The first-order valence-corrected chi connectivity index (χ1v) is 6.69. The van der Waals surface area contributed by atoms with Crippen LogP contribution in [0.4, 0.5) is 0 Å². The second-order valence-corrected chi connectivity index (χ2v) is 4.84. The third kappa shape index (κ3) is 3.30. The van der Waals surface area contributed by atoms with E-state index >= 15 is 0 Å².